The third-order valence-corrected chi connectivity index (χ3v) is 3.36. The van der Waals surface area contributed by atoms with E-state index in [1.54, 1.807) is 7.11 Å². The van der Waals surface area contributed by atoms with Crippen LogP contribution in [0.2, 0.25) is 0 Å². The molecule has 4 N–H and O–H groups in total. The van der Waals surface area contributed by atoms with Crippen molar-refractivity contribution in [3.05, 3.63) is 18.2 Å². The third-order valence-electron chi connectivity index (χ3n) is 3.36. The second kappa shape index (κ2) is 6.63. The third kappa shape index (κ3) is 3.75. The number of anilines is 1. The van der Waals surface area contributed by atoms with Crippen molar-refractivity contribution >= 4 is 5.69 Å². The number of hydrogen-bond donors (Lipinski definition) is 3. The van der Waals surface area contributed by atoms with Crippen LogP contribution in [0, 0.1) is 0 Å². The summed E-state index contributed by atoms with van der Waals surface area (Å²) in [6.07, 6.45) is 3.17. The van der Waals surface area contributed by atoms with Gasteiger partial charge in [-0.1, -0.05) is 0 Å². The van der Waals surface area contributed by atoms with Gasteiger partial charge in [0.05, 0.1) is 13.7 Å². The monoisotopic (exact) mass is 266 g/mol. The van der Waals surface area contributed by atoms with Crippen molar-refractivity contribution in [1.82, 2.24) is 0 Å². The molecule has 1 fully saturated rings. The number of ether oxygens (including phenoxy) is 2. The lowest BCUT2D eigenvalue weighted by Gasteiger charge is -2.16. The first-order chi connectivity index (χ1) is 9.22. The van der Waals surface area contributed by atoms with Gasteiger partial charge in [-0.05, 0) is 31.4 Å². The SMILES string of the molecule is COc1ccc(NC2CCC(N)C2)cc1OCCO. The molecule has 0 amide bonds. The Morgan fingerprint density at radius 1 is 1.37 bits per heavy atom. The van der Waals surface area contributed by atoms with Crippen molar-refractivity contribution in [2.75, 3.05) is 25.6 Å². The summed E-state index contributed by atoms with van der Waals surface area (Å²) in [5, 5.41) is 12.3. The maximum absolute atomic E-state index is 8.82. The van der Waals surface area contributed by atoms with Gasteiger partial charge in [0.15, 0.2) is 11.5 Å². The maximum Gasteiger partial charge on any atom is 0.163 e. The van der Waals surface area contributed by atoms with Gasteiger partial charge in [0.2, 0.25) is 0 Å². The molecule has 19 heavy (non-hydrogen) atoms. The Bertz CT molecular complexity index is 412. The van der Waals surface area contributed by atoms with Gasteiger partial charge >= 0.3 is 0 Å². The Balaban J connectivity index is 2.04. The number of aliphatic hydroxyl groups excluding tert-OH is 1. The molecule has 0 aromatic heterocycles. The maximum atomic E-state index is 8.82. The highest BCUT2D eigenvalue weighted by Crippen LogP contribution is 2.31. The number of benzene rings is 1. The van der Waals surface area contributed by atoms with Crippen molar-refractivity contribution in [1.29, 1.82) is 0 Å². The number of nitrogens with one attached hydrogen (secondary N) is 1. The van der Waals surface area contributed by atoms with Crippen molar-refractivity contribution in [3.63, 3.8) is 0 Å². The Morgan fingerprint density at radius 2 is 2.21 bits per heavy atom. The van der Waals surface area contributed by atoms with Gasteiger partial charge in [-0.15, -0.1) is 0 Å². The average Bonchev–Trinajstić information content (AvgIpc) is 2.82. The van der Waals surface area contributed by atoms with E-state index in [1.165, 1.54) is 0 Å². The molecule has 2 unspecified atom stereocenters. The van der Waals surface area contributed by atoms with Crippen LogP contribution in [0.4, 0.5) is 5.69 Å². The first-order valence-electron chi connectivity index (χ1n) is 6.66. The molecule has 106 valence electrons. The number of rotatable bonds is 6. The standard InChI is InChI=1S/C14H22N2O3/c1-18-13-5-4-12(9-14(13)19-7-6-17)16-11-3-2-10(15)8-11/h4-5,9-11,16-17H,2-3,6-8,15H2,1H3. The summed E-state index contributed by atoms with van der Waals surface area (Å²) < 4.78 is 10.7. The molecule has 0 aliphatic heterocycles. The first-order valence-corrected chi connectivity index (χ1v) is 6.66. The molecule has 2 atom stereocenters. The fraction of sp³-hybridized carbons (Fsp3) is 0.571. The summed E-state index contributed by atoms with van der Waals surface area (Å²) >= 11 is 0. The van der Waals surface area contributed by atoms with Crippen LogP contribution < -0.4 is 20.5 Å². The van der Waals surface area contributed by atoms with Crippen LogP contribution in [0.25, 0.3) is 0 Å². The van der Waals surface area contributed by atoms with Gasteiger partial charge in [0, 0.05) is 23.8 Å². The fourth-order valence-corrected chi connectivity index (χ4v) is 2.42. The van der Waals surface area contributed by atoms with Crippen LogP contribution in [-0.4, -0.2) is 37.5 Å². The Hall–Kier alpha value is -1.46. The smallest absolute Gasteiger partial charge is 0.163 e. The lowest BCUT2D eigenvalue weighted by atomic mass is 10.2. The van der Waals surface area contributed by atoms with E-state index in [2.05, 4.69) is 5.32 Å². The minimum Gasteiger partial charge on any atom is -0.493 e. The molecule has 1 aromatic carbocycles. The lowest BCUT2D eigenvalue weighted by Crippen LogP contribution is -2.20. The summed E-state index contributed by atoms with van der Waals surface area (Å²) in [6.45, 7) is 0.242. The second-order valence-corrected chi connectivity index (χ2v) is 4.85. The predicted molar refractivity (Wildman–Crippen MR) is 74.8 cm³/mol. The predicted octanol–water partition coefficient (Wildman–Crippen LogP) is 1.36. The van der Waals surface area contributed by atoms with Crippen molar-refractivity contribution in [2.45, 2.75) is 31.3 Å². The zero-order valence-electron chi connectivity index (χ0n) is 11.3. The summed E-state index contributed by atoms with van der Waals surface area (Å²) in [6, 6.07) is 6.46. The van der Waals surface area contributed by atoms with Gasteiger partial charge in [-0.3, -0.25) is 0 Å². The van der Waals surface area contributed by atoms with Crippen molar-refractivity contribution in [2.24, 2.45) is 5.73 Å². The first kappa shape index (κ1) is 14.0. The summed E-state index contributed by atoms with van der Waals surface area (Å²) in [4.78, 5) is 0. The van der Waals surface area contributed by atoms with Gasteiger partial charge < -0.3 is 25.6 Å². The van der Waals surface area contributed by atoms with Crippen LogP contribution >= 0.6 is 0 Å². The van der Waals surface area contributed by atoms with Crippen LogP contribution in [-0.2, 0) is 0 Å². The van der Waals surface area contributed by atoms with Crippen molar-refractivity contribution in [3.8, 4) is 11.5 Å². The van der Waals surface area contributed by atoms with Crippen LogP contribution in [0.15, 0.2) is 18.2 Å². The van der Waals surface area contributed by atoms with Gasteiger partial charge in [-0.25, -0.2) is 0 Å². The molecule has 1 aliphatic carbocycles. The zero-order chi connectivity index (χ0) is 13.7. The van der Waals surface area contributed by atoms with Crippen LogP contribution in [0.5, 0.6) is 11.5 Å². The lowest BCUT2D eigenvalue weighted by molar-refractivity contribution is 0.196. The van der Waals surface area contributed by atoms with E-state index < -0.39 is 0 Å². The largest absolute Gasteiger partial charge is 0.493 e. The quantitative estimate of drug-likeness (QED) is 0.724. The molecule has 1 saturated carbocycles. The molecule has 0 saturated heterocycles. The molecule has 5 heteroatoms. The zero-order valence-corrected chi connectivity index (χ0v) is 11.3. The number of nitrogens with two attached hydrogens (primary N) is 1. The number of hydrogen-bond acceptors (Lipinski definition) is 5. The molecule has 1 aliphatic rings. The highest BCUT2D eigenvalue weighted by molar-refractivity contribution is 5.55. The van der Waals surface area contributed by atoms with Gasteiger partial charge in [0.25, 0.3) is 0 Å². The topological polar surface area (TPSA) is 76.7 Å². The van der Waals surface area contributed by atoms with Crippen LogP contribution in [0.1, 0.15) is 19.3 Å². The second-order valence-electron chi connectivity index (χ2n) is 4.85. The normalized spacial score (nSPS) is 22.3. The van der Waals surface area contributed by atoms with Crippen LogP contribution in [0.3, 0.4) is 0 Å². The highest BCUT2D eigenvalue weighted by Gasteiger charge is 2.21. The van der Waals surface area contributed by atoms with E-state index in [4.69, 9.17) is 20.3 Å². The number of methoxy groups -OCH3 is 1. The van der Waals surface area contributed by atoms with E-state index in [1.807, 2.05) is 18.2 Å². The van der Waals surface area contributed by atoms with Crippen molar-refractivity contribution < 1.29 is 14.6 Å². The molecule has 0 bridgehead atoms. The fourth-order valence-electron chi connectivity index (χ4n) is 2.42. The Morgan fingerprint density at radius 3 is 2.84 bits per heavy atom. The van der Waals surface area contributed by atoms with E-state index in [9.17, 15) is 0 Å². The molecule has 0 radical (unpaired) electrons. The van der Waals surface area contributed by atoms with Gasteiger partial charge in [0.1, 0.15) is 6.61 Å². The van der Waals surface area contributed by atoms with E-state index in [0.717, 1.165) is 24.9 Å². The van der Waals surface area contributed by atoms with Gasteiger partial charge in [-0.2, -0.15) is 0 Å². The highest BCUT2D eigenvalue weighted by atomic mass is 16.5. The Labute approximate surface area is 113 Å². The molecule has 2 rings (SSSR count). The summed E-state index contributed by atoms with van der Waals surface area (Å²) in [5.74, 6) is 1.31. The molecule has 1 aromatic rings. The van der Waals surface area contributed by atoms with E-state index in [-0.39, 0.29) is 13.2 Å². The minimum atomic E-state index is -0.0156. The molecule has 0 heterocycles. The molecular weight excluding hydrogens is 244 g/mol. The molecule has 0 spiro atoms. The molecular formula is C14H22N2O3. The van der Waals surface area contributed by atoms with E-state index >= 15 is 0 Å². The molecule has 5 nitrogen and oxygen atoms in total. The summed E-state index contributed by atoms with van der Waals surface area (Å²) in [7, 11) is 1.60. The summed E-state index contributed by atoms with van der Waals surface area (Å²) in [5.41, 5.74) is 6.90. The number of aliphatic hydroxyl groups is 1. The van der Waals surface area contributed by atoms with E-state index in [0.29, 0.717) is 23.6 Å². The Kier molecular flexibility index (Phi) is 4.87. The average molecular weight is 266 g/mol. The minimum absolute atomic E-state index is 0.0156.